The number of halogens is 3. The normalized spacial score (nSPS) is 16.3. The molecule has 2 aliphatic heterocycles. The van der Waals surface area contributed by atoms with Crippen molar-refractivity contribution in [3.8, 4) is 17.2 Å². The molecule has 1 aromatic rings. The van der Waals surface area contributed by atoms with Crippen LogP contribution >= 0.6 is 24.0 Å². The predicted octanol–water partition coefficient (Wildman–Crippen LogP) is 3.00. The first-order valence-corrected chi connectivity index (χ1v) is 9.52. The van der Waals surface area contributed by atoms with E-state index < -0.39 is 12.2 Å². The molecule has 0 spiro atoms. The Hall–Kier alpha value is -2.25. The highest BCUT2D eigenvalue weighted by Crippen LogP contribution is 2.39. The summed E-state index contributed by atoms with van der Waals surface area (Å²) in [5, 5.41) is 0. The fourth-order valence-corrected chi connectivity index (χ4v) is 3.01. The number of nitrogens with two attached hydrogens (primary N) is 1. The van der Waals surface area contributed by atoms with E-state index in [4.69, 9.17) is 19.9 Å². The third kappa shape index (κ3) is 6.87. The summed E-state index contributed by atoms with van der Waals surface area (Å²) in [6.07, 6.45) is -0.369. The molecule has 0 saturated carbocycles. The Morgan fingerprint density at radius 1 is 1.16 bits per heavy atom. The zero-order valence-electron chi connectivity index (χ0n) is 17.6. The van der Waals surface area contributed by atoms with Gasteiger partial charge in [-0.1, -0.05) is 0 Å². The van der Waals surface area contributed by atoms with Crippen LogP contribution in [0.1, 0.15) is 26.3 Å². The molecule has 12 heteroatoms. The zero-order chi connectivity index (χ0) is 21.9. The lowest BCUT2D eigenvalue weighted by atomic mass is 10.1. The molecule has 9 nitrogen and oxygen atoms in total. The van der Waals surface area contributed by atoms with Crippen LogP contribution in [0.5, 0.6) is 17.2 Å². The second-order valence-electron chi connectivity index (χ2n) is 7.82. The number of aliphatic imine (C=N–C) groups is 1. The smallest absolute Gasteiger partial charge is 0.410 e. The van der Waals surface area contributed by atoms with Crippen LogP contribution in [0.4, 0.5) is 13.6 Å². The number of carbonyl (C=O) groups is 1. The van der Waals surface area contributed by atoms with Gasteiger partial charge in [0, 0.05) is 37.8 Å². The molecule has 1 aromatic carbocycles. The Labute approximate surface area is 196 Å². The topological polar surface area (TPSA) is 98.9 Å². The molecule has 1 amide bonds. The zero-order valence-corrected chi connectivity index (χ0v) is 19.9. The van der Waals surface area contributed by atoms with E-state index in [0.717, 1.165) is 0 Å². The molecular weight excluding hydrogens is 529 g/mol. The van der Waals surface area contributed by atoms with Crippen LogP contribution in [0.2, 0.25) is 0 Å². The highest BCUT2D eigenvalue weighted by atomic mass is 127. The summed E-state index contributed by atoms with van der Waals surface area (Å²) in [5.74, 6) is 0.982. The van der Waals surface area contributed by atoms with Gasteiger partial charge in [-0.05, 0) is 26.8 Å². The van der Waals surface area contributed by atoms with Crippen LogP contribution in [0.3, 0.4) is 0 Å². The van der Waals surface area contributed by atoms with E-state index in [2.05, 4.69) is 9.73 Å². The molecule has 0 unspecified atom stereocenters. The third-order valence-corrected chi connectivity index (χ3v) is 4.44. The van der Waals surface area contributed by atoms with Gasteiger partial charge in [0.2, 0.25) is 6.79 Å². The van der Waals surface area contributed by atoms with Crippen LogP contribution in [-0.2, 0) is 11.3 Å². The van der Waals surface area contributed by atoms with Gasteiger partial charge in [-0.2, -0.15) is 8.78 Å². The summed E-state index contributed by atoms with van der Waals surface area (Å²) in [7, 11) is 0. The van der Waals surface area contributed by atoms with Gasteiger partial charge in [0.05, 0.1) is 6.54 Å². The lowest BCUT2D eigenvalue weighted by Gasteiger charge is -2.36. The summed E-state index contributed by atoms with van der Waals surface area (Å²) in [6.45, 7) is 4.34. The molecule has 0 atom stereocenters. The van der Waals surface area contributed by atoms with Gasteiger partial charge >= 0.3 is 12.7 Å². The number of hydrogen-bond acceptors (Lipinski definition) is 6. The number of nitrogens with zero attached hydrogens (tertiary/aromatic N) is 3. The molecule has 2 heterocycles. The number of alkyl halides is 2. The van der Waals surface area contributed by atoms with Crippen LogP contribution in [0, 0.1) is 0 Å². The number of carbonyl (C=O) groups excluding carboxylic acids is 1. The Morgan fingerprint density at radius 3 is 2.32 bits per heavy atom. The van der Waals surface area contributed by atoms with Gasteiger partial charge in [-0.25, -0.2) is 9.79 Å². The minimum Gasteiger partial charge on any atom is -0.454 e. The number of amides is 1. The van der Waals surface area contributed by atoms with Crippen molar-refractivity contribution >= 4 is 36.0 Å². The molecule has 0 aromatic heterocycles. The first-order chi connectivity index (χ1) is 14.1. The molecule has 3 rings (SSSR count). The number of piperazine rings is 1. The largest absolute Gasteiger partial charge is 0.454 e. The van der Waals surface area contributed by atoms with Crippen LogP contribution in [-0.4, -0.2) is 67.0 Å². The second kappa shape index (κ2) is 10.4. The quantitative estimate of drug-likeness (QED) is 0.346. The van der Waals surface area contributed by atoms with Crippen molar-refractivity contribution in [2.75, 3.05) is 33.0 Å². The van der Waals surface area contributed by atoms with Crippen molar-refractivity contribution in [3.63, 3.8) is 0 Å². The first-order valence-electron chi connectivity index (χ1n) is 9.52. The number of ether oxygens (including phenoxy) is 4. The van der Waals surface area contributed by atoms with Crippen molar-refractivity contribution in [2.45, 2.75) is 39.5 Å². The van der Waals surface area contributed by atoms with Crippen LogP contribution < -0.4 is 19.9 Å². The average Bonchev–Trinajstić information content (AvgIpc) is 3.11. The Bertz CT molecular complexity index is 811. The molecule has 2 N–H and O–H groups in total. The highest BCUT2D eigenvalue weighted by Gasteiger charge is 2.26. The summed E-state index contributed by atoms with van der Waals surface area (Å²) in [6, 6.07) is 2.91. The molecule has 0 aliphatic carbocycles. The van der Waals surface area contributed by atoms with Crippen molar-refractivity contribution in [3.05, 3.63) is 17.7 Å². The standard InChI is InChI=1S/C19H26F2N4O5.HI/c1-19(2,3)30-18(26)25-6-4-24(5-7-25)17(22)23-10-12-8-14-15(28-11-27-14)9-13(12)29-16(20)21;/h8-9,16H,4-7,10-11H2,1-3H3,(H2,22,23);1H. The molecule has 1 saturated heterocycles. The monoisotopic (exact) mass is 556 g/mol. The van der Waals surface area contributed by atoms with Crippen molar-refractivity contribution < 1.29 is 32.5 Å². The summed E-state index contributed by atoms with van der Waals surface area (Å²) >= 11 is 0. The van der Waals surface area contributed by atoms with Gasteiger partial charge in [0.15, 0.2) is 17.5 Å². The maximum absolute atomic E-state index is 12.7. The number of rotatable bonds is 4. The van der Waals surface area contributed by atoms with E-state index >= 15 is 0 Å². The second-order valence-corrected chi connectivity index (χ2v) is 7.82. The van der Waals surface area contributed by atoms with Crippen LogP contribution in [0.15, 0.2) is 17.1 Å². The van der Waals surface area contributed by atoms with Crippen molar-refractivity contribution in [1.82, 2.24) is 9.80 Å². The number of guanidine groups is 1. The molecule has 2 aliphatic rings. The summed E-state index contributed by atoms with van der Waals surface area (Å²) in [4.78, 5) is 19.9. The van der Waals surface area contributed by atoms with E-state index in [-0.39, 0.29) is 55.1 Å². The summed E-state index contributed by atoms with van der Waals surface area (Å²) in [5.41, 5.74) is 5.92. The first kappa shape index (κ1) is 25.0. The minimum atomic E-state index is -2.98. The number of fused-ring (bicyclic) bond motifs is 1. The van der Waals surface area contributed by atoms with E-state index in [9.17, 15) is 13.6 Å². The van der Waals surface area contributed by atoms with E-state index in [0.29, 0.717) is 43.2 Å². The molecular formula is C19H27F2IN4O5. The van der Waals surface area contributed by atoms with Crippen LogP contribution in [0.25, 0.3) is 0 Å². The fourth-order valence-electron chi connectivity index (χ4n) is 3.01. The minimum absolute atomic E-state index is 0. The van der Waals surface area contributed by atoms with Gasteiger partial charge in [0.1, 0.15) is 11.4 Å². The predicted molar refractivity (Wildman–Crippen MR) is 119 cm³/mol. The Morgan fingerprint density at radius 2 is 1.74 bits per heavy atom. The molecule has 31 heavy (non-hydrogen) atoms. The van der Waals surface area contributed by atoms with E-state index in [1.807, 2.05) is 25.7 Å². The molecule has 174 valence electrons. The molecule has 0 radical (unpaired) electrons. The molecule has 0 bridgehead atoms. The van der Waals surface area contributed by atoms with Crippen molar-refractivity contribution in [2.24, 2.45) is 10.7 Å². The van der Waals surface area contributed by atoms with Gasteiger partial charge in [-0.15, -0.1) is 24.0 Å². The van der Waals surface area contributed by atoms with Gasteiger partial charge in [-0.3, -0.25) is 0 Å². The SMILES string of the molecule is CC(C)(C)OC(=O)N1CCN(C(N)=NCc2cc3c(cc2OC(F)F)OCO3)CC1.I. The average molecular weight is 556 g/mol. The number of hydrogen-bond donors (Lipinski definition) is 1. The molecule has 1 fully saturated rings. The van der Waals surface area contributed by atoms with Crippen molar-refractivity contribution in [1.29, 1.82) is 0 Å². The van der Waals surface area contributed by atoms with Gasteiger partial charge < -0.3 is 34.5 Å². The number of benzene rings is 1. The van der Waals surface area contributed by atoms with Gasteiger partial charge in [0.25, 0.3) is 0 Å². The van der Waals surface area contributed by atoms with E-state index in [1.165, 1.54) is 6.07 Å². The maximum atomic E-state index is 12.7. The Kier molecular flexibility index (Phi) is 8.37. The fraction of sp³-hybridized carbons (Fsp3) is 0.579. The summed E-state index contributed by atoms with van der Waals surface area (Å²) < 4.78 is 45.9. The maximum Gasteiger partial charge on any atom is 0.410 e. The lowest BCUT2D eigenvalue weighted by molar-refractivity contribution is -0.0505. The highest BCUT2D eigenvalue weighted by molar-refractivity contribution is 14.0. The lowest BCUT2D eigenvalue weighted by Crippen LogP contribution is -2.53. The third-order valence-electron chi connectivity index (χ3n) is 4.44. The Balaban J connectivity index is 0.00000341. The van der Waals surface area contributed by atoms with E-state index in [1.54, 1.807) is 11.0 Å².